The number of halogens is 1. The standard InChI is InChI=1S/C12H15FN2O3S/c13-11-4-1-8(14)5-12(11)19(16,17)15-6-9-2-3-10(7-15)18-9/h1,4-5,9-10H,2-3,6-7,14H2. The van der Waals surface area contributed by atoms with Crippen molar-refractivity contribution in [2.75, 3.05) is 18.8 Å². The molecule has 0 radical (unpaired) electrons. The normalized spacial score (nSPS) is 27.6. The molecule has 1 aromatic carbocycles. The van der Waals surface area contributed by atoms with E-state index in [1.54, 1.807) is 0 Å². The van der Waals surface area contributed by atoms with E-state index in [4.69, 9.17) is 10.5 Å². The van der Waals surface area contributed by atoms with Crippen molar-refractivity contribution < 1.29 is 17.5 Å². The minimum Gasteiger partial charge on any atom is -0.399 e. The average Bonchev–Trinajstić information content (AvgIpc) is 2.71. The van der Waals surface area contributed by atoms with Gasteiger partial charge in [-0.25, -0.2) is 12.8 Å². The van der Waals surface area contributed by atoms with Crippen molar-refractivity contribution in [2.24, 2.45) is 0 Å². The maximum Gasteiger partial charge on any atom is 0.246 e. The molecular formula is C12H15FN2O3S. The van der Waals surface area contributed by atoms with Crippen LogP contribution in [0.1, 0.15) is 12.8 Å². The van der Waals surface area contributed by atoms with Gasteiger partial charge in [0.1, 0.15) is 10.7 Å². The molecule has 2 fully saturated rings. The van der Waals surface area contributed by atoms with Crippen LogP contribution in [0.2, 0.25) is 0 Å². The molecule has 0 amide bonds. The summed E-state index contributed by atoms with van der Waals surface area (Å²) in [5, 5.41) is 0. The first-order chi connectivity index (χ1) is 8.96. The second-order valence-electron chi connectivity index (χ2n) is 4.97. The second kappa shape index (κ2) is 4.43. The third kappa shape index (κ3) is 2.22. The minimum atomic E-state index is -3.84. The van der Waals surface area contributed by atoms with Gasteiger partial charge in [0.05, 0.1) is 12.2 Å². The molecule has 7 heteroatoms. The fourth-order valence-corrected chi connectivity index (χ4v) is 4.23. The van der Waals surface area contributed by atoms with Crippen LogP contribution in [-0.4, -0.2) is 38.0 Å². The third-order valence-corrected chi connectivity index (χ3v) is 5.43. The fourth-order valence-electron chi connectivity index (χ4n) is 2.63. The van der Waals surface area contributed by atoms with Crippen LogP contribution >= 0.6 is 0 Å². The first-order valence-electron chi connectivity index (χ1n) is 6.17. The quantitative estimate of drug-likeness (QED) is 0.822. The van der Waals surface area contributed by atoms with E-state index < -0.39 is 15.8 Å². The van der Waals surface area contributed by atoms with Crippen LogP contribution in [-0.2, 0) is 14.8 Å². The van der Waals surface area contributed by atoms with E-state index in [2.05, 4.69) is 0 Å². The van der Waals surface area contributed by atoms with Crippen molar-refractivity contribution in [2.45, 2.75) is 29.9 Å². The molecule has 2 atom stereocenters. The van der Waals surface area contributed by atoms with Gasteiger partial charge >= 0.3 is 0 Å². The van der Waals surface area contributed by atoms with E-state index >= 15 is 0 Å². The molecule has 5 nitrogen and oxygen atoms in total. The molecule has 0 aromatic heterocycles. The topological polar surface area (TPSA) is 72.6 Å². The van der Waals surface area contributed by atoms with Crippen molar-refractivity contribution in [3.8, 4) is 0 Å². The van der Waals surface area contributed by atoms with Crippen LogP contribution in [0.3, 0.4) is 0 Å². The summed E-state index contributed by atoms with van der Waals surface area (Å²) in [6.45, 7) is 0.570. The number of nitrogen functional groups attached to an aromatic ring is 1. The van der Waals surface area contributed by atoms with Crippen molar-refractivity contribution in [3.63, 3.8) is 0 Å². The van der Waals surface area contributed by atoms with Gasteiger partial charge in [-0.1, -0.05) is 0 Å². The largest absolute Gasteiger partial charge is 0.399 e. The summed E-state index contributed by atoms with van der Waals surface area (Å²) in [5.41, 5.74) is 5.78. The number of anilines is 1. The highest BCUT2D eigenvalue weighted by Crippen LogP contribution is 2.31. The number of fused-ring (bicyclic) bond motifs is 2. The van der Waals surface area contributed by atoms with Crippen LogP contribution in [0, 0.1) is 5.82 Å². The van der Waals surface area contributed by atoms with E-state index in [1.165, 1.54) is 16.4 Å². The molecule has 0 saturated carbocycles. The summed E-state index contributed by atoms with van der Waals surface area (Å²) < 4.78 is 45.5. The Morgan fingerprint density at radius 2 is 1.89 bits per heavy atom. The van der Waals surface area contributed by atoms with Gasteiger partial charge in [0.25, 0.3) is 0 Å². The number of rotatable bonds is 2. The number of nitrogens with two attached hydrogens (primary N) is 1. The van der Waals surface area contributed by atoms with Crippen LogP contribution in [0.5, 0.6) is 0 Å². The Morgan fingerprint density at radius 3 is 2.53 bits per heavy atom. The van der Waals surface area contributed by atoms with Gasteiger partial charge in [-0.15, -0.1) is 0 Å². The molecule has 104 valence electrons. The molecule has 2 N–H and O–H groups in total. The lowest BCUT2D eigenvalue weighted by atomic mass is 10.2. The van der Waals surface area contributed by atoms with E-state index in [0.717, 1.165) is 18.9 Å². The lowest BCUT2D eigenvalue weighted by Crippen LogP contribution is -2.45. The number of ether oxygens (including phenoxy) is 1. The van der Waals surface area contributed by atoms with Crippen molar-refractivity contribution in [3.05, 3.63) is 24.0 Å². The van der Waals surface area contributed by atoms with Gasteiger partial charge in [0.2, 0.25) is 10.0 Å². The number of benzene rings is 1. The number of sulfonamides is 1. The van der Waals surface area contributed by atoms with Crippen molar-refractivity contribution in [1.82, 2.24) is 4.31 Å². The van der Waals surface area contributed by atoms with Gasteiger partial charge in [0.15, 0.2) is 0 Å². The SMILES string of the molecule is Nc1ccc(F)c(S(=O)(=O)N2CC3CCC(C2)O3)c1. The van der Waals surface area contributed by atoms with Crippen LogP contribution in [0.25, 0.3) is 0 Å². The van der Waals surface area contributed by atoms with Crippen LogP contribution < -0.4 is 5.73 Å². The Labute approximate surface area is 111 Å². The Balaban J connectivity index is 1.96. The van der Waals surface area contributed by atoms with Gasteiger partial charge in [-0.05, 0) is 31.0 Å². The Morgan fingerprint density at radius 1 is 1.26 bits per heavy atom. The van der Waals surface area contributed by atoms with Crippen LogP contribution in [0.15, 0.2) is 23.1 Å². The Hall–Kier alpha value is -1.18. The summed E-state index contributed by atoms with van der Waals surface area (Å²) in [6.07, 6.45) is 1.57. The fraction of sp³-hybridized carbons (Fsp3) is 0.500. The molecule has 19 heavy (non-hydrogen) atoms. The predicted molar refractivity (Wildman–Crippen MR) is 67.5 cm³/mol. The molecule has 0 spiro atoms. The molecule has 1 aromatic rings. The Bertz CT molecular complexity index is 593. The zero-order valence-corrected chi connectivity index (χ0v) is 11.1. The van der Waals surface area contributed by atoms with Gasteiger partial charge in [-0.2, -0.15) is 4.31 Å². The Kier molecular flexibility index (Phi) is 2.99. The summed E-state index contributed by atoms with van der Waals surface area (Å²) in [5.74, 6) is -0.770. The van der Waals surface area contributed by atoms with E-state index in [1.807, 2.05) is 0 Å². The average molecular weight is 286 g/mol. The lowest BCUT2D eigenvalue weighted by Gasteiger charge is -2.31. The molecule has 0 aliphatic carbocycles. The van der Waals surface area contributed by atoms with E-state index in [9.17, 15) is 12.8 Å². The zero-order valence-electron chi connectivity index (χ0n) is 10.3. The highest BCUT2D eigenvalue weighted by Gasteiger charge is 2.40. The zero-order chi connectivity index (χ0) is 13.6. The van der Waals surface area contributed by atoms with Crippen molar-refractivity contribution in [1.29, 1.82) is 0 Å². The molecule has 2 heterocycles. The van der Waals surface area contributed by atoms with E-state index in [0.29, 0.717) is 0 Å². The maximum atomic E-state index is 13.7. The van der Waals surface area contributed by atoms with Gasteiger partial charge in [-0.3, -0.25) is 0 Å². The molecule has 2 aliphatic heterocycles. The predicted octanol–water partition coefficient (Wildman–Crippen LogP) is 0.960. The minimum absolute atomic E-state index is 0.0716. The summed E-state index contributed by atoms with van der Waals surface area (Å²) >= 11 is 0. The first kappa shape index (κ1) is 12.8. The van der Waals surface area contributed by atoms with E-state index in [-0.39, 0.29) is 35.9 Å². The number of morpholine rings is 1. The smallest absolute Gasteiger partial charge is 0.246 e. The number of hydrogen-bond donors (Lipinski definition) is 1. The lowest BCUT2D eigenvalue weighted by molar-refractivity contribution is -0.0115. The van der Waals surface area contributed by atoms with Gasteiger partial charge in [0, 0.05) is 18.8 Å². The molecule has 2 bridgehead atoms. The molecule has 2 saturated heterocycles. The number of nitrogens with zero attached hydrogens (tertiary/aromatic N) is 1. The molecular weight excluding hydrogens is 271 g/mol. The molecule has 3 rings (SSSR count). The van der Waals surface area contributed by atoms with Crippen molar-refractivity contribution >= 4 is 15.7 Å². The highest BCUT2D eigenvalue weighted by molar-refractivity contribution is 7.89. The highest BCUT2D eigenvalue weighted by atomic mass is 32.2. The summed E-state index contributed by atoms with van der Waals surface area (Å²) in [4.78, 5) is -0.353. The molecule has 2 aliphatic rings. The third-order valence-electron chi connectivity index (χ3n) is 3.58. The monoisotopic (exact) mass is 286 g/mol. The first-order valence-corrected chi connectivity index (χ1v) is 7.61. The van der Waals surface area contributed by atoms with Crippen LogP contribution in [0.4, 0.5) is 10.1 Å². The summed E-state index contributed by atoms with van der Waals surface area (Å²) in [6, 6.07) is 3.59. The molecule has 2 unspecified atom stereocenters. The summed E-state index contributed by atoms with van der Waals surface area (Å²) in [7, 11) is -3.84. The van der Waals surface area contributed by atoms with Gasteiger partial charge < -0.3 is 10.5 Å². The maximum absolute atomic E-state index is 13.7. The second-order valence-corrected chi connectivity index (χ2v) is 6.88. The number of hydrogen-bond acceptors (Lipinski definition) is 4.